The number of ketones is 1. The van der Waals surface area contributed by atoms with Gasteiger partial charge in [-0.05, 0) is 18.2 Å². The fourth-order valence-electron chi connectivity index (χ4n) is 3.05. The Bertz CT molecular complexity index is 1490. The van der Waals surface area contributed by atoms with Crippen LogP contribution in [0.1, 0.15) is 26.3 Å². The number of ether oxygens (including phenoxy) is 1. The standard InChI is InChI=1S/C22H17ClN4O8/c1-25-17(10-19(29)26(2)22(25)32)24-18(28)11-35-21(31)14-6-4-3-5-13(14)20(30)12-7-8-15(23)16(9-12)27(33)34/h3-10H,11H2,1-2H3,(H,24,28). The van der Waals surface area contributed by atoms with Crippen LogP contribution in [-0.2, 0) is 23.6 Å². The Hall–Kier alpha value is -4.58. The monoisotopic (exact) mass is 500 g/mol. The third-order valence-electron chi connectivity index (χ3n) is 4.92. The van der Waals surface area contributed by atoms with E-state index in [0.717, 1.165) is 21.3 Å². The van der Waals surface area contributed by atoms with Crippen molar-refractivity contribution in [1.29, 1.82) is 0 Å². The van der Waals surface area contributed by atoms with Crippen molar-refractivity contribution < 1.29 is 24.0 Å². The summed E-state index contributed by atoms with van der Waals surface area (Å²) in [6, 6.07) is 10.1. The smallest absolute Gasteiger partial charge is 0.339 e. The van der Waals surface area contributed by atoms with E-state index in [1.165, 1.54) is 50.5 Å². The van der Waals surface area contributed by atoms with Crippen molar-refractivity contribution in [2.75, 3.05) is 11.9 Å². The molecule has 0 spiro atoms. The van der Waals surface area contributed by atoms with E-state index in [4.69, 9.17) is 16.3 Å². The van der Waals surface area contributed by atoms with Crippen LogP contribution in [0.15, 0.2) is 58.1 Å². The van der Waals surface area contributed by atoms with Gasteiger partial charge in [-0.3, -0.25) is 33.6 Å². The summed E-state index contributed by atoms with van der Waals surface area (Å²) in [5.74, 6) is -2.64. The van der Waals surface area contributed by atoms with E-state index in [-0.39, 0.29) is 27.5 Å². The molecule has 1 aromatic heterocycles. The maximum absolute atomic E-state index is 12.9. The molecule has 0 atom stereocenters. The molecular formula is C22H17ClN4O8. The van der Waals surface area contributed by atoms with Gasteiger partial charge in [-0.2, -0.15) is 0 Å². The highest BCUT2D eigenvalue weighted by Crippen LogP contribution is 2.27. The number of amides is 1. The fraction of sp³-hybridized carbons (Fsp3) is 0.136. The molecule has 0 saturated carbocycles. The summed E-state index contributed by atoms with van der Waals surface area (Å²) in [7, 11) is 2.62. The van der Waals surface area contributed by atoms with Crippen molar-refractivity contribution in [3.05, 3.63) is 101 Å². The summed E-state index contributed by atoms with van der Waals surface area (Å²) in [4.78, 5) is 71.9. The average molecular weight is 501 g/mol. The lowest BCUT2D eigenvalue weighted by Gasteiger charge is -2.12. The number of benzene rings is 2. The molecule has 0 unspecified atom stereocenters. The highest BCUT2D eigenvalue weighted by atomic mass is 35.5. The summed E-state index contributed by atoms with van der Waals surface area (Å²) in [6.45, 7) is -0.781. The maximum Gasteiger partial charge on any atom is 0.339 e. The maximum atomic E-state index is 12.9. The van der Waals surface area contributed by atoms with Gasteiger partial charge in [-0.15, -0.1) is 0 Å². The van der Waals surface area contributed by atoms with Gasteiger partial charge in [0.05, 0.1) is 10.5 Å². The zero-order valence-corrected chi connectivity index (χ0v) is 19.1. The first kappa shape index (κ1) is 25.1. The molecule has 1 amide bonds. The van der Waals surface area contributed by atoms with Crippen LogP contribution >= 0.6 is 11.6 Å². The third kappa shape index (κ3) is 5.33. The van der Waals surface area contributed by atoms with Crippen molar-refractivity contribution in [3.8, 4) is 0 Å². The Morgan fingerprint density at radius 2 is 1.69 bits per heavy atom. The molecule has 0 aliphatic heterocycles. The number of aromatic nitrogens is 2. The average Bonchev–Trinajstić information content (AvgIpc) is 2.84. The zero-order valence-electron chi connectivity index (χ0n) is 18.3. The molecule has 1 N–H and O–H groups in total. The van der Waals surface area contributed by atoms with Crippen LogP contribution in [0.5, 0.6) is 0 Å². The number of hydrogen-bond donors (Lipinski definition) is 1. The van der Waals surface area contributed by atoms with E-state index in [2.05, 4.69) is 5.32 Å². The first-order valence-electron chi connectivity index (χ1n) is 9.83. The van der Waals surface area contributed by atoms with Crippen molar-refractivity contribution in [1.82, 2.24) is 9.13 Å². The summed E-state index contributed by atoms with van der Waals surface area (Å²) in [6.07, 6.45) is 0. The van der Waals surface area contributed by atoms with Gasteiger partial charge >= 0.3 is 11.7 Å². The van der Waals surface area contributed by atoms with E-state index in [0.29, 0.717) is 0 Å². The van der Waals surface area contributed by atoms with Crippen LogP contribution in [0.4, 0.5) is 11.5 Å². The molecule has 0 aliphatic rings. The number of carbonyl (C=O) groups is 3. The Kier molecular flexibility index (Phi) is 7.25. The molecule has 180 valence electrons. The van der Waals surface area contributed by atoms with Gasteiger partial charge in [-0.1, -0.05) is 29.8 Å². The minimum absolute atomic E-state index is 0.0781. The third-order valence-corrected chi connectivity index (χ3v) is 5.24. The van der Waals surface area contributed by atoms with Crippen LogP contribution in [-0.4, -0.2) is 38.3 Å². The number of anilines is 1. The molecule has 0 fully saturated rings. The molecule has 0 radical (unpaired) electrons. The molecule has 35 heavy (non-hydrogen) atoms. The molecular weight excluding hydrogens is 484 g/mol. The van der Waals surface area contributed by atoms with Gasteiger partial charge < -0.3 is 10.1 Å². The first-order chi connectivity index (χ1) is 16.5. The number of esters is 1. The molecule has 3 rings (SSSR count). The number of nitrogens with zero attached hydrogens (tertiary/aromatic N) is 3. The molecule has 1 heterocycles. The predicted molar refractivity (Wildman–Crippen MR) is 124 cm³/mol. The molecule has 2 aromatic carbocycles. The van der Waals surface area contributed by atoms with E-state index < -0.39 is 46.1 Å². The van der Waals surface area contributed by atoms with E-state index in [1.807, 2.05) is 0 Å². The summed E-state index contributed by atoms with van der Waals surface area (Å²) >= 11 is 5.78. The second-order valence-electron chi connectivity index (χ2n) is 7.19. The minimum atomic E-state index is -1.01. The second kappa shape index (κ2) is 10.1. The zero-order chi connectivity index (χ0) is 25.9. The Morgan fingerprint density at radius 1 is 1.03 bits per heavy atom. The number of halogens is 1. The van der Waals surface area contributed by atoms with E-state index >= 15 is 0 Å². The summed E-state index contributed by atoms with van der Waals surface area (Å²) in [5, 5.41) is 13.3. The van der Waals surface area contributed by atoms with Crippen LogP contribution in [0.3, 0.4) is 0 Å². The first-order valence-corrected chi connectivity index (χ1v) is 10.2. The Morgan fingerprint density at radius 3 is 2.34 bits per heavy atom. The van der Waals surface area contributed by atoms with Crippen molar-refractivity contribution in [2.24, 2.45) is 14.1 Å². The van der Waals surface area contributed by atoms with Gasteiger partial charge in [0.25, 0.3) is 17.2 Å². The van der Waals surface area contributed by atoms with Crippen LogP contribution in [0.25, 0.3) is 0 Å². The van der Waals surface area contributed by atoms with Crippen LogP contribution < -0.4 is 16.6 Å². The second-order valence-corrected chi connectivity index (χ2v) is 7.60. The normalized spacial score (nSPS) is 10.5. The number of nitro groups is 1. The van der Waals surface area contributed by atoms with Gasteiger partial charge in [-0.25, -0.2) is 9.59 Å². The lowest BCUT2D eigenvalue weighted by Crippen LogP contribution is -2.38. The molecule has 13 heteroatoms. The molecule has 3 aromatic rings. The predicted octanol–water partition coefficient (Wildman–Crippen LogP) is 1.67. The van der Waals surface area contributed by atoms with Crippen LogP contribution in [0.2, 0.25) is 5.02 Å². The number of nitro benzene ring substituents is 1. The molecule has 0 aliphatic carbocycles. The van der Waals surface area contributed by atoms with Gasteiger partial charge in [0.1, 0.15) is 10.8 Å². The highest BCUT2D eigenvalue weighted by Gasteiger charge is 2.23. The minimum Gasteiger partial charge on any atom is -0.452 e. The summed E-state index contributed by atoms with van der Waals surface area (Å²) < 4.78 is 6.87. The van der Waals surface area contributed by atoms with Crippen molar-refractivity contribution >= 4 is 40.8 Å². The van der Waals surface area contributed by atoms with Gasteiger partial charge in [0.2, 0.25) is 0 Å². The lowest BCUT2D eigenvalue weighted by molar-refractivity contribution is -0.384. The summed E-state index contributed by atoms with van der Waals surface area (Å²) in [5.41, 5.74) is -2.15. The molecule has 0 saturated heterocycles. The Labute approximate surface area is 201 Å². The van der Waals surface area contributed by atoms with Crippen molar-refractivity contribution in [3.63, 3.8) is 0 Å². The van der Waals surface area contributed by atoms with Crippen LogP contribution in [0, 0.1) is 10.1 Å². The molecule has 0 bridgehead atoms. The highest BCUT2D eigenvalue weighted by molar-refractivity contribution is 6.33. The van der Waals surface area contributed by atoms with Gasteiger partial charge in [0.15, 0.2) is 12.4 Å². The quantitative estimate of drug-likeness (QED) is 0.222. The number of hydrogen-bond acceptors (Lipinski definition) is 8. The number of rotatable bonds is 7. The van der Waals surface area contributed by atoms with Crippen molar-refractivity contribution in [2.45, 2.75) is 0 Å². The lowest BCUT2D eigenvalue weighted by atomic mass is 9.98. The number of nitrogens with one attached hydrogen (secondary N) is 1. The number of carbonyl (C=O) groups excluding carboxylic acids is 3. The Balaban J connectivity index is 1.78. The fourth-order valence-corrected chi connectivity index (χ4v) is 3.24. The largest absolute Gasteiger partial charge is 0.452 e. The molecule has 12 nitrogen and oxygen atoms in total. The van der Waals surface area contributed by atoms with Gasteiger partial charge in [0, 0.05) is 37.4 Å². The van der Waals surface area contributed by atoms with E-state index in [1.54, 1.807) is 0 Å². The topological polar surface area (TPSA) is 160 Å². The SMILES string of the molecule is Cn1c(NC(=O)COC(=O)c2ccccc2C(=O)c2ccc(Cl)c([N+](=O)[O-])c2)cc(=O)n(C)c1=O. The van der Waals surface area contributed by atoms with E-state index in [9.17, 15) is 34.1 Å².